The largest absolute Gasteiger partial charge is 0.346 e. The maximum atomic E-state index is 12.3. The summed E-state index contributed by atoms with van der Waals surface area (Å²) >= 11 is 0. The number of carbonyl (C=O) groups is 1. The zero-order valence-corrected chi connectivity index (χ0v) is 13.3. The van der Waals surface area contributed by atoms with Crippen molar-refractivity contribution in [3.05, 3.63) is 18.0 Å². The van der Waals surface area contributed by atoms with Gasteiger partial charge < -0.3 is 9.88 Å². The van der Waals surface area contributed by atoms with Gasteiger partial charge in [0.1, 0.15) is 10.6 Å². The summed E-state index contributed by atoms with van der Waals surface area (Å²) in [7, 11) is -3.81. The monoisotopic (exact) mass is 301 g/mol. The van der Waals surface area contributed by atoms with Crippen molar-refractivity contribution < 1.29 is 13.2 Å². The summed E-state index contributed by atoms with van der Waals surface area (Å²) in [4.78, 5) is 12.3. The Balaban J connectivity index is 3.16. The molecule has 114 valence electrons. The third kappa shape index (κ3) is 4.08. The average molecular weight is 301 g/mol. The van der Waals surface area contributed by atoms with E-state index in [9.17, 15) is 13.2 Å². The summed E-state index contributed by atoms with van der Waals surface area (Å²) in [6, 6.07) is 1.33. The van der Waals surface area contributed by atoms with E-state index in [2.05, 4.69) is 5.32 Å². The second kappa shape index (κ2) is 5.97. The molecule has 0 aromatic carbocycles. The lowest BCUT2D eigenvalue weighted by Crippen LogP contribution is -2.43. The van der Waals surface area contributed by atoms with Crippen LogP contribution in [0.3, 0.4) is 0 Å². The van der Waals surface area contributed by atoms with Gasteiger partial charge >= 0.3 is 0 Å². The molecule has 0 atom stereocenters. The highest BCUT2D eigenvalue weighted by atomic mass is 32.2. The summed E-state index contributed by atoms with van der Waals surface area (Å²) in [6.07, 6.45) is 2.97. The molecule has 6 nitrogen and oxygen atoms in total. The molecule has 0 aliphatic heterocycles. The second-order valence-corrected chi connectivity index (χ2v) is 7.05. The van der Waals surface area contributed by atoms with Crippen LogP contribution in [0.15, 0.2) is 17.2 Å². The van der Waals surface area contributed by atoms with Crippen molar-refractivity contribution in [3.63, 3.8) is 0 Å². The Hall–Kier alpha value is -1.34. The molecule has 1 aromatic heterocycles. The zero-order valence-electron chi connectivity index (χ0n) is 12.4. The first-order valence-electron chi connectivity index (χ1n) is 6.66. The minimum absolute atomic E-state index is 0.0367. The molecule has 0 saturated heterocycles. The molecule has 0 radical (unpaired) electrons. The highest BCUT2D eigenvalue weighted by Crippen LogP contribution is 2.16. The number of nitrogens with two attached hydrogens (primary N) is 1. The summed E-state index contributed by atoms with van der Waals surface area (Å²) in [5.74, 6) is -0.291. The van der Waals surface area contributed by atoms with Crippen LogP contribution >= 0.6 is 0 Å². The summed E-state index contributed by atoms with van der Waals surface area (Å²) in [5.41, 5.74) is -0.0300. The van der Waals surface area contributed by atoms with Crippen LogP contribution in [0.25, 0.3) is 0 Å². The predicted molar refractivity (Wildman–Crippen MR) is 77.9 cm³/mol. The van der Waals surface area contributed by atoms with Crippen LogP contribution in [0.2, 0.25) is 0 Å². The lowest BCUT2D eigenvalue weighted by Gasteiger charge is -2.24. The molecule has 3 N–H and O–H groups in total. The number of primary sulfonamides is 1. The molecule has 0 spiro atoms. The highest BCUT2D eigenvalue weighted by Gasteiger charge is 2.23. The molecular formula is C13H23N3O3S. The number of hydrogen-bond donors (Lipinski definition) is 2. The number of amides is 1. The van der Waals surface area contributed by atoms with Gasteiger partial charge in [-0.2, -0.15) is 0 Å². The van der Waals surface area contributed by atoms with E-state index in [1.165, 1.54) is 12.3 Å². The summed E-state index contributed by atoms with van der Waals surface area (Å²) in [5, 5.41) is 8.01. The lowest BCUT2D eigenvalue weighted by atomic mass is 10.0. The Bertz CT molecular complexity index is 588. The minimum atomic E-state index is -3.81. The van der Waals surface area contributed by atoms with Crippen LogP contribution in [0.1, 0.15) is 51.0 Å². The van der Waals surface area contributed by atoms with Gasteiger partial charge in [0, 0.05) is 18.3 Å². The van der Waals surface area contributed by atoms with Crippen LogP contribution in [0, 0.1) is 0 Å². The molecule has 1 amide bonds. The van der Waals surface area contributed by atoms with Crippen molar-refractivity contribution in [2.24, 2.45) is 5.14 Å². The van der Waals surface area contributed by atoms with Crippen LogP contribution in [-0.2, 0) is 16.6 Å². The van der Waals surface area contributed by atoms with E-state index in [0.717, 1.165) is 12.8 Å². The Morgan fingerprint density at radius 2 is 2.00 bits per heavy atom. The van der Waals surface area contributed by atoms with Crippen LogP contribution < -0.4 is 10.5 Å². The van der Waals surface area contributed by atoms with Crippen molar-refractivity contribution in [1.82, 2.24) is 9.88 Å². The number of nitrogens with zero attached hydrogens (tertiary/aromatic N) is 1. The van der Waals surface area contributed by atoms with Crippen molar-refractivity contribution in [2.45, 2.75) is 57.5 Å². The van der Waals surface area contributed by atoms with Crippen molar-refractivity contribution >= 4 is 15.9 Å². The molecule has 0 aliphatic carbocycles. The number of sulfonamides is 1. The van der Waals surface area contributed by atoms with Gasteiger partial charge in [-0.15, -0.1) is 0 Å². The quantitative estimate of drug-likeness (QED) is 0.833. The number of hydrogen-bond acceptors (Lipinski definition) is 3. The van der Waals surface area contributed by atoms with E-state index in [1.807, 2.05) is 27.7 Å². The molecule has 1 rings (SSSR count). The molecule has 0 unspecified atom stereocenters. The Morgan fingerprint density at radius 1 is 1.40 bits per heavy atom. The number of carbonyl (C=O) groups excluding carboxylic acids is 1. The fraction of sp³-hybridized carbons (Fsp3) is 0.615. The molecule has 7 heteroatoms. The van der Waals surface area contributed by atoms with Crippen LogP contribution in [-0.4, -0.2) is 24.4 Å². The van der Waals surface area contributed by atoms with Crippen molar-refractivity contribution in [1.29, 1.82) is 0 Å². The van der Waals surface area contributed by atoms with Gasteiger partial charge in [0.05, 0.1) is 0 Å². The lowest BCUT2D eigenvalue weighted by molar-refractivity contribution is 0.0901. The van der Waals surface area contributed by atoms with E-state index in [-0.39, 0.29) is 16.3 Å². The first-order chi connectivity index (χ1) is 9.10. The van der Waals surface area contributed by atoms with Gasteiger partial charge in [-0.1, -0.05) is 13.8 Å². The van der Waals surface area contributed by atoms with Gasteiger partial charge in [-0.25, -0.2) is 13.6 Å². The Labute approximate surface area is 120 Å². The minimum Gasteiger partial charge on any atom is -0.346 e. The number of nitrogens with one attached hydrogen (secondary N) is 1. The standard InChI is InChI=1S/C13H23N3O3S/c1-5-7-16-9-10(20(14,18)19)8-11(16)12(17)15-13(3,4)6-2/h8-9H,5-7H2,1-4H3,(H,15,17)(H2,14,18,19). The normalized spacial score (nSPS) is 12.4. The molecular weight excluding hydrogens is 278 g/mol. The SMILES string of the molecule is CCCn1cc(S(N)(=O)=O)cc1C(=O)NC(C)(C)CC. The Morgan fingerprint density at radius 3 is 2.45 bits per heavy atom. The fourth-order valence-corrected chi connectivity index (χ4v) is 2.27. The molecule has 20 heavy (non-hydrogen) atoms. The predicted octanol–water partition coefficient (Wildman–Crippen LogP) is 1.46. The third-order valence-electron chi connectivity index (χ3n) is 3.23. The van der Waals surface area contributed by atoms with E-state index >= 15 is 0 Å². The fourth-order valence-electron chi connectivity index (χ4n) is 1.72. The Kier molecular flexibility index (Phi) is 4.99. The zero-order chi connectivity index (χ0) is 15.6. The first-order valence-corrected chi connectivity index (χ1v) is 8.21. The number of aromatic nitrogens is 1. The smallest absolute Gasteiger partial charge is 0.268 e. The summed E-state index contributed by atoms with van der Waals surface area (Å²) < 4.78 is 24.4. The van der Waals surface area contributed by atoms with Gasteiger partial charge in [0.15, 0.2) is 0 Å². The number of rotatable bonds is 6. The van der Waals surface area contributed by atoms with Gasteiger partial charge in [0.2, 0.25) is 10.0 Å². The maximum absolute atomic E-state index is 12.3. The third-order valence-corrected chi connectivity index (χ3v) is 4.11. The molecule has 1 heterocycles. The molecule has 0 aliphatic rings. The topological polar surface area (TPSA) is 94.2 Å². The highest BCUT2D eigenvalue weighted by molar-refractivity contribution is 7.89. The van der Waals surface area contributed by atoms with Gasteiger partial charge in [-0.3, -0.25) is 4.79 Å². The molecule has 0 saturated carbocycles. The maximum Gasteiger partial charge on any atom is 0.268 e. The average Bonchev–Trinajstić information content (AvgIpc) is 2.73. The summed E-state index contributed by atoms with van der Waals surface area (Å²) in [6.45, 7) is 8.32. The van der Waals surface area contributed by atoms with E-state index < -0.39 is 10.0 Å². The number of aryl methyl sites for hydroxylation is 1. The van der Waals surface area contributed by atoms with Gasteiger partial charge in [-0.05, 0) is 32.8 Å². The molecule has 0 fully saturated rings. The molecule has 1 aromatic rings. The van der Waals surface area contributed by atoms with Crippen LogP contribution in [0.5, 0.6) is 0 Å². The van der Waals surface area contributed by atoms with Crippen molar-refractivity contribution in [2.75, 3.05) is 0 Å². The van der Waals surface area contributed by atoms with Gasteiger partial charge in [0.25, 0.3) is 5.91 Å². The van der Waals surface area contributed by atoms with Crippen molar-refractivity contribution in [3.8, 4) is 0 Å². The second-order valence-electron chi connectivity index (χ2n) is 5.49. The first kappa shape index (κ1) is 16.7. The van der Waals surface area contributed by atoms with E-state index in [0.29, 0.717) is 12.2 Å². The van der Waals surface area contributed by atoms with Crippen LogP contribution in [0.4, 0.5) is 0 Å². The van der Waals surface area contributed by atoms with E-state index in [1.54, 1.807) is 4.57 Å². The molecule has 0 bridgehead atoms. The van der Waals surface area contributed by atoms with E-state index in [4.69, 9.17) is 5.14 Å².